The molecular formula is C5H15N3. The lowest BCUT2D eigenvalue weighted by Crippen LogP contribution is -2.49. The molecule has 0 aromatic heterocycles. The second kappa shape index (κ2) is 3.83. The van der Waals surface area contributed by atoms with Gasteiger partial charge in [-0.1, -0.05) is 6.92 Å². The molecular weight excluding hydrogens is 102 g/mol. The lowest BCUT2D eigenvalue weighted by molar-refractivity contribution is 0.461. The van der Waals surface area contributed by atoms with Crippen molar-refractivity contribution in [1.29, 1.82) is 0 Å². The molecule has 0 aromatic rings. The van der Waals surface area contributed by atoms with Gasteiger partial charge in [-0.15, -0.1) is 0 Å². The minimum Gasteiger partial charge on any atom is -0.325 e. The molecule has 0 aliphatic heterocycles. The zero-order valence-electron chi connectivity index (χ0n) is 5.52. The predicted molar refractivity (Wildman–Crippen MR) is 35.3 cm³/mol. The summed E-state index contributed by atoms with van der Waals surface area (Å²) in [4.78, 5) is 0. The van der Waals surface area contributed by atoms with E-state index in [0.29, 0.717) is 0 Å². The number of nitrogens with one attached hydrogen (secondary N) is 1. The third kappa shape index (κ3) is 2.26. The van der Waals surface area contributed by atoms with E-state index in [4.69, 9.17) is 11.5 Å². The smallest absolute Gasteiger partial charge is 0.0700 e. The third-order valence-corrected chi connectivity index (χ3v) is 1.27. The first kappa shape index (κ1) is 7.88. The molecule has 0 fully saturated rings. The molecule has 0 amide bonds. The molecule has 2 unspecified atom stereocenters. The fraction of sp³-hybridized carbons (Fsp3) is 1.00. The Morgan fingerprint density at radius 2 is 2.00 bits per heavy atom. The molecule has 0 aromatic carbocycles. The molecule has 0 saturated carbocycles. The Kier molecular flexibility index (Phi) is 3.77. The van der Waals surface area contributed by atoms with E-state index in [-0.39, 0.29) is 12.2 Å². The van der Waals surface area contributed by atoms with Gasteiger partial charge in [0.2, 0.25) is 0 Å². The standard InChI is InChI=1S/C5H15N3/c1-3-4(6)5(7)8-2/h4-5,8H,3,6-7H2,1-2H3. The number of rotatable bonds is 3. The lowest BCUT2D eigenvalue weighted by Gasteiger charge is -2.16. The highest BCUT2D eigenvalue weighted by molar-refractivity contribution is 4.69. The lowest BCUT2D eigenvalue weighted by atomic mass is 10.2. The summed E-state index contributed by atoms with van der Waals surface area (Å²) in [6, 6.07) is 0.0833. The van der Waals surface area contributed by atoms with E-state index in [1.165, 1.54) is 0 Å². The van der Waals surface area contributed by atoms with Crippen LogP contribution in [0.4, 0.5) is 0 Å². The van der Waals surface area contributed by atoms with Crippen molar-refractivity contribution in [3.63, 3.8) is 0 Å². The van der Waals surface area contributed by atoms with Crippen LogP contribution >= 0.6 is 0 Å². The van der Waals surface area contributed by atoms with Gasteiger partial charge < -0.3 is 16.8 Å². The Bertz CT molecular complexity index is 47.6. The van der Waals surface area contributed by atoms with Gasteiger partial charge >= 0.3 is 0 Å². The van der Waals surface area contributed by atoms with Crippen molar-refractivity contribution < 1.29 is 0 Å². The van der Waals surface area contributed by atoms with Gasteiger partial charge in [0, 0.05) is 6.04 Å². The minimum absolute atomic E-state index is 0.0556. The molecule has 0 rings (SSSR count). The molecule has 0 heterocycles. The second-order valence-corrected chi connectivity index (χ2v) is 1.89. The van der Waals surface area contributed by atoms with Crippen LogP contribution in [-0.2, 0) is 0 Å². The van der Waals surface area contributed by atoms with Gasteiger partial charge in [0.15, 0.2) is 0 Å². The van der Waals surface area contributed by atoms with Crippen LogP contribution in [-0.4, -0.2) is 19.3 Å². The first-order chi connectivity index (χ1) is 3.72. The number of hydrogen-bond donors (Lipinski definition) is 3. The fourth-order valence-electron chi connectivity index (χ4n) is 0.468. The minimum atomic E-state index is -0.0556. The van der Waals surface area contributed by atoms with Crippen molar-refractivity contribution in [3.05, 3.63) is 0 Å². The Morgan fingerprint density at radius 3 is 2.12 bits per heavy atom. The van der Waals surface area contributed by atoms with Crippen LogP contribution in [0, 0.1) is 0 Å². The molecule has 0 aliphatic rings. The molecule has 2 atom stereocenters. The van der Waals surface area contributed by atoms with Gasteiger partial charge in [0.05, 0.1) is 6.17 Å². The van der Waals surface area contributed by atoms with Crippen LogP contribution < -0.4 is 16.8 Å². The Hall–Kier alpha value is -0.120. The van der Waals surface area contributed by atoms with Crippen LogP contribution in [0.5, 0.6) is 0 Å². The van der Waals surface area contributed by atoms with Gasteiger partial charge in [-0.25, -0.2) is 0 Å². The number of hydrogen-bond acceptors (Lipinski definition) is 3. The van der Waals surface area contributed by atoms with Gasteiger partial charge in [-0.3, -0.25) is 0 Å². The van der Waals surface area contributed by atoms with E-state index >= 15 is 0 Å². The number of likely N-dealkylation sites (N-methyl/N-ethyl adjacent to an activating group) is 1. The highest BCUT2D eigenvalue weighted by Crippen LogP contribution is 1.85. The first-order valence-electron chi connectivity index (χ1n) is 2.90. The summed E-state index contributed by atoms with van der Waals surface area (Å²) < 4.78 is 0. The summed E-state index contributed by atoms with van der Waals surface area (Å²) in [7, 11) is 1.81. The van der Waals surface area contributed by atoms with Crippen LogP contribution in [0.25, 0.3) is 0 Å². The van der Waals surface area contributed by atoms with Gasteiger partial charge in [0.25, 0.3) is 0 Å². The molecule has 3 heteroatoms. The van der Waals surface area contributed by atoms with Crippen LogP contribution in [0.2, 0.25) is 0 Å². The van der Waals surface area contributed by atoms with Crippen LogP contribution in [0.15, 0.2) is 0 Å². The van der Waals surface area contributed by atoms with E-state index in [2.05, 4.69) is 5.32 Å². The molecule has 8 heavy (non-hydrogen) atoms. The van der Waals surface area contributed by atoms with Crippen LogP contribution in [0.3, 0.4) is 0 Å². The fourth-order valence-corrected chi connectivity index (χ4v) is 0.468. The third-order valence-electron chi connectivity index (χ3n) is 1.27. The molecule has 0 radical (unpaired) electrons. The van der Waals surface area contributed by atoms with Gasteiger partial charge in [0.1, 0.15) is 0 Å². The van der Waals surface area contributed by atoms with E-state index in [9.17, 15) is 0 Å². The average molecular weight is 117 g/mol. The maximum absolute atomic E-state index is 5.54. The highest BCUT2D eigenvalue weighted by atomic mass is 15.0. The van der Waals surface area contributed by atoms with E-state index in [1.54, 1.807) is 7.05 Å². The topological polar surface area (TPSA) is 64.1 Å². The summed E-state index contributed by atoms with van der Waals surface area (Å²) in [5.41, 5.74) is 11.0. The van der Waals surface area contributed by atoms with Crippen molar-refractivity contribution in [2.75, 3.05) is 7.05 Å². The maximum atomic E-state index is 5.54. The first-order valence-corrected chi connectivity index (χ1v) is 2.90. The van der Waals surface area contributed by atoms with Gasteiger partial charge in [-0.05, 0) is 13.5 Å². The van der Waals surface area contributed by atoms with Crippen molar-refractivity contribution in [2.24, 2.45) is 11.5 Å². The van der Waals surface area contributed by atoms with E-state index < -0.39 is 0 Å². The SMILES string of the molecule is CCC(N)C(N)NC. The zero-order valence-corrected chi connectivity index (χ0v) is 5.52. The highest BCUT2D eigenvalue weighted by Gasteiger charge is 2.05. The average Bonchev–Trinajstić information content (AvgIpc) is 1.84. The molecule has 0 spiro atoms. The maximum Gasteiger partial charge on any atom is 0.0700 e. The predicted octanol–water partition coefficient (Wildman–Crippen LogP) is -0.772. The van der Waals surface area contributed by atoms with E-state index in [1.807, 2.05) is 6.92 Å². The summed E-state index contributed by atoms with van der Waals surface area (Å²) >= 11 is 0. The van der Waals surface area contributed by atoms with Crippen molar-refractivity contribution in [2.45, 2.75) is 25.6 Å². The monoisotopic (exact) mass is 117 g/mol. The molecule has 0 aliphatic carbocycles. The van der Waals surface area contributed by atoms with E-state index in [0.717, 1.165) is 6.42 Å². The van der Waals surface area contributed by atoms with Crippen molar-refractivity contribution >= 4 is 0 Å². The Labute approximate surface area is 50.4 Å². The summed E-state index contributed by atoms with van der Waals surface area (Å²) in [6.07, 6.45) is 0.863. The molecule has 5 N–H and O–H groups in total. The molecule has 0 saturated heterocycles. The second-order valence-electron chi connectivity index (χ2n) is 1.89. The Morgan fingerprint density at radius 1 is 1.50 bits per heavy atom. The largest absolute Gasteiger partial charge is 0.325 e. The molecule has 50 valence electrons. The van der Waals surface area contributed by atoms with Gasteiger partial charge in [-0.2, -0.15) is 0 Å². The molecule has 3 nitrogen and oxygen atoms in total. The normalized spacial score (nSPS) is 18.0. The quantitative estimate of drug-likeness (QED) is 0.425. The van der Waals surface area contributed by atoms with Crippen LogP contribution in [0.1, 0.15) is 13.3 Å². The Balaban J connectivity index is 3.29. The summed E-state index contributed by atoms with van der Waals surface area (Å²) in [5.74, 6) is 0. The summed E-state index contributed by atoms with van der Waals surface area (Å²) in [5, 5.41) is 2.87. The van der Waals surface area contributed by atoms with Crippen molar-refractivity contribution in [1.82, 2.24) is 5.32 Å². The van der Waals surface area contributed by atoms with Crippen molar-refractivity contribution in [3.8, 4) is 0 Å². The zero-order chi connectivity index (χ0) is 6.57. The molecule has 0 bridgehead atoms. The summed E-state index contributed by atoms with van der Waals surface area (Å²) in [6.45, 7) is 2.02. The number of nitrogens with two attached hydrogens (primary N) is 2.